The molecule has 2 aromatic carbocycles. The van der Waals surface area contributed by atoms with Crippen LogP contribution in [-0.2, 0) is 10.0 Å². The van der Waals surface area contributed by atoms with Gasteiger partial charge in [0.25, 0.3) is 5.91 Å². The fraction of sp³-hybridized carbons (Fsp3) is 0.250. The lowest BCUT2D eigenvalue weighted by atomic mass is 10.1. The van der Waals surface area contributed by atoms with Gasteiger partial charge in [0.05, 0.1) is 17.8 Å². The van der Waals surface area contributed by atoms with E-state index in [4.69, 9.17) is 4.74 Å². The molecule has 0 aliphatic carbocycles. The quantitative estimate of drug-likeness (QED) is 0.555. The van der Waals surface area contributed by atoms with E-state index >= 15 is 0 Å². The summed E-state index contributed by atoms with van der Waals surface area (Å²) in [6, 6.07) is 12.0. The number of nitriles is 1. The van der Waals surface area contributed by atoms with E-state index < -0.39 is 10.0 Å². The van der Waals surface area contributed by atoms with Crippen molar-refractivity contribution in [3.05, 3.63) is 77.4 Å². The Labute approximate surface area is 198 Å². The van der Waals surface area contributed by atoms with Crippen LogP contribution in [0.1, 0.15) is 27.2 Å². The van der Waals surface area contributed by atoms with Crippen LogP contribution in [0.5, 0.6) is 11.5 Å². The molecule has 0 radical (unpaired) electrons. The summed E-state index contributed by atoms with van der Waals surface area (Å²) in [5, 5.41) is 9.34. The summed E-state index contributed by atoms with van der Waals surface area (Å²) in [5.41, 5.74) is 2.39. The zero-order valence-corrected chi connectivity index (χ0v) is 19.6. The van der Waals surface area contributed by atoms with Crippen LogP contribution in [0.2, 0.25) is 0 Å². The molecule has 34 heavy (non-hydrogen) atoms. The molecule has 1 aliphatic rings. The smallest absolute Gasteiger partial charge is 0.274 e. The predicted octanol–water partition coefficient (Wildman–Crippen LogP) is 2.90. The number of hydrogen-bond acceptors (Lipinski definition) is 7. The first-order chi connectivity index (χ1) is 16.3. The molecule has 0 bridgehead atoms. The zero-order valence-electron chi connectivity index (χ0n) is 18.8. The van der Waals surface area contributed by atoms with Gasteiger partial charge in [0.2, 0.25) is 10.0 Å². The standard InChI is InChI=1S/C24H23N5O4S/c1-17-11-18(2)13-20(12-17)33-22-4-3-19(15-25)14-23(22)34(31,32)29-9-7-28(8-10-29)24(30)21-16-26-5-6-27-21/h3-6,11-14,16H,7-10H2,1-2H3. The Balaban J connectivity index is 1.58. The Morgan fingerprint density at radius 1 is 1.03 bits per heavy atom. The summed E-state index contributed by atoms with van der Waals surface area (Å²) in [4.78, 5) is 22.0. The molecular formula is C24H23N5O4S. The van der Waals surface area contributed by atoms with Crippen LogP contribution in [-0.4, -0.2) is 59.7 Å². The number of ether oxygens (including phenoxy) is 1. The molecule has 9 nitrogen and oxygen atoms in total. The van der Waals surface area contributed by atoms with Gasteiger partial charge in [-0.3, -0.25) is 9.78 Å². The average molecular weight is 478 g/mol. The highest BCUT2D eigenvalue weighted by atomic mass is 32.2. The lowest BCUT2D eigenvalue weighted by Crippen LogP contribution is -2.50. The molecule has 0 spiro atoms. The fourth-order valence-corrected chi connectivity index (χ4v) is 5.39. The number of amides is 1. The minimum atomic E-state index is -3.99. The summed E-state index contributed by atoms with van der Waals surface area (Å²) >= 11 is 0. The SMILES string of the molecule is Cc1cc(C)cc(Oc2ccc(C#N)cc2S(=O)(=O)N2CCN(C(=O)c3cnccn3)CC2)c1. The predicted molar refractivity (Wildman–Crippen MR) is 124 cm³/mol. The Bertz CT molecular complexity index is 1340. The fourth-order valence-electron chi connectivity index (χ4n) is 3.82. The Morgan fingerprint density at radius 2 is 1.74 bits per heavy atom. The van der Waals surface area contributed by atoms with Gasteiger partial charge in [-0.15, -0.1) is 0 Å². The lowest BCUT2D eigenvalue weighted by Gasteiger charge is -2.34. The number of piperazine rings is 1. The van der Waals surface area contributed by atoms with E-state index in [1.165, 1.54) is 41.1 Å². The number of carbonyl (C=O) groups is 1. The van der Waals surface area contributed by atoms with E-state index in [0.717, 1.165) is 11.1 Å². The van der Waals surface area contributed by atoms with Crippen molar-refractivity contribution in [1.29, 1.82) is 5.26 Å². The highest BCUT2D eigenvalue weighted by Gasteiger charge is 2.33. The summed E-state index contributed by atoms with van der Waals surface area (Å²) in [6.45, 7) is 4.48. The maximum Gasteiger partial charge on any atom is 0.274 e. The molecule has 1 fully saturated rings. The van der Waals surface area contributed by atoms with Gasteiger partial charge in [-0.2, -0.15) is 9.57 Å². The topological polar surface area (TPSA) is 116 Å². The number of sulfonamides is 1. The number of carbonyl (C=O) groups excluding carboxylic acids is 1. The number of benzene rings is 2. The van der Waals surface area contributed by atoms with Gasteiger partial charge in [0, 0.05) is 38.6 Å². The Kier molecular flexibility index (Phi) is 6.58. The first kappa shape index (κ1) is 23.4. The van der Waals surface area contributed by atoms with E-state index in [-0.39, 0.29) is 54.0 Å². The molecule has 4 rings (SSSR count). The third-order valence-corrected chi connectivity index (χ3v) is 7.34. The lowest BCUT2D eigenvalue weighted by molar-refractivity contribution is 0.0691. The summed E-state index contributed by atoms with van der Waals surface area (Å²) in [6.07, 6.45) is 4.30. The van der Waals surface area contributed by atoms with Crippen molar-refractivity contribution >= 4 is 15.9 Å². The number of rotatable bonds is 5. The van der Waals surface area contributed by atoms with E-state index in [1.807, 2.05) is 38.1 Å². The molecule has 0 unspecified atom stereocenters. The van der Waals surface area contributed by atoms with Gasteiger partial charge in [-0.1, -0.05) is 6.07 Å². The van der Waals surface area contributed by atoms with Gasteiger partial charge in [-0.05, 0) is 55.3 Å². The van der Waals surface area contributed by atoms with Crippen molar-refractivity contribution in [2.24, 2.45) is 0 Å². The van der Waals surface area contributed by atoms with Crippen molar-refractivity contribution in [3.8, 4) is 17.6 Å². The zero-order chi connectivity index (χ0) is 24.3. The number of nitrogens with zero attached hydrogens (tertiary/aromatic N) is 5. The van der Waals surface area contributed by atoms with Crippen molar-refractivity contribution in [2.45, 2.75) is 18.7 Å². The van der Waals surface area contributed by atoms with Crippen molar-refractivity contribution in [2.75, 3.05) is 26.2 Å². The van der Waals surface area contributed by atoms with Crippen LogP contribution < -0.4 is 4.74 Å². The average Bonchev–Trinajstić information content (AvgIpc) is 2.83. The molecule has 0 N–H and O–H groups in total. The minimum absolute atomic E-state index is 0.0839. The van der Waals surface area contributed by atoms with Crippen molar-refractivity contribution in [3.63, 3.8) is 0 Å². The molecule has 10 heteroatoms. The molecule has 1 amide bonds. The van der Waals surface area contributed by atoms with Gasteiger partial charge in [-0.25, -0.2) is 13.4 Å². The molecule has 2 heterocycles. The Hall–Kier alpha value is -3.81. The third kappa shape index (κ3) is 4.90. The van der Waals surface area contributed by atoms with Gasteiger partial charge in [0.1, 0.15) is 22.1 Å². The first-order valence-corrected chi connectivity index (χ1v) is 12.1. The number of hydrogen-bond donors (Lipinski definition) is 0. The molecule has 1 aromatic heterocycles. The maximum atomic E-state index is 13.6. The normalized spacial score (nSPS) is 14.4. The minimum Gasteiger partial charge on any atom is -0.456 e. The van der Waals surface area contributed by atoms with Crippen LogP contribution in [0, 0.1) is 25.2 Å². The highest BCUT2D eigenvalue weighted by Crippen LogP contribution is 2.33. The second-order valence-corrected chi connectivity index (χ2v) is 9.89. The summed E-state index contributed by atoms with van der Waals surface area (Å²) in [5.74, 6) is 0.357. The van der Waals surface area contributed by atoms with Crippen LogP contribution in [0.15, 0.2) is 59.9 Å². The molecule has 174 valence electrons. The summed E-state index contributed by atoms with van der Waals surface area (Å²) in [7, 11) is -3.99. The van der Waals surface area contributed by atoms with Crippen LogP contribution >= 0.6 is 0 Å². The van der Waals surface area contributed by atoms with Crippen molar-refractivity contribution < 1.29 is 17.9 Å². The van der Waals surface area contributed by atoms with Crippen LogP contribution in [0.25, 0.3) is 0 Å². The monoisotopic (exact) mass is 477 g/mol. The van der Waals surface area contributed by atoms with E-state index in [9.17, 15) is 18.5 Å². The van der Waals surface area contributed by atoms with E-state index in [1.54, 1.807) is 4.90 Å². The second kappa shape index (κ2) is 9.59. The van der Waals surface area contributed by atoms with E-state index in [2.05, 4.69) is 9.97 Å². The largest absolute Gasteiger partial charge is 0.456 e. The molecule has 1 saturated heterocycles. The molecule has 1 aliphatic heterocycles. The molecule has 3 aromatic rings. The van der Waals surface area contributed by atoms with Crippen LogP contribution in [0.4, 0.5) is 0 Å². The van der Waals surface area contributed by atoms with Gasteiger partial charge < -0.3 is 9.64 Å². The number of aryl methyl sites for hydroxylation is 2. The third-order valence-electron chi connectivity index (χ3n) is 5.42. The highest BCUT2D eigenvalue weighted by molar-refractivity contribution is 7.89. The van der Waals surface area contributed by atoms with E-state index in [0.29, 0.717) is 5.75 Å². The molecule has 0 atom stereocenters. The summed E-state index contributed by atoms with van der Waals surface area (Å²) < 4.78 is 34.4. The second-order valence-electron chi connectivity index (χ2n) is 7.99. The van der Waals surface area contributed by atoms with Gasteiger partial charge >= 0.3 is 0 Å². The molecular weight excluding hydrogens is 454 g/mol. The first-order valence-electron chi connectivity index (χ1n) is 10.6. The molecule has 0 saturated carbocycles. The van der Waals surface area contributed by atoms with Crippen LogP contribution in [0.3, 0.4) is 0 Å². The maximum absolute atomic E-state index is 13.6. The Morgan fingerprint density at radius 3 is 2.35 bits per heavy atom. The number of aromatic nitrogens is 2. The van der Waals surface area contributed by atoms with Gasteiger partial charge in [0.15, 0.2) is 0 Å². The van der Waals surface area contributed by atoms with Crippen molar-refractivity contribution in [1.82, 2.24) is 19.2 Å².